The standard InChI is InChI=1S/C26H27N3O7S/c1-29(20-7-9-21(35-2)10-8-20)24(30)19-5-3-18(4-6-19)23-12-11-22(17-27-23)37(33,34)26(25(31)28-32)13-15-36-16-14-26/h3-12,17,32H,13-16H2,1-2H3,(H,28,31). The van der Waals surface area contributed by atoms with Gasteiger partial charge in [0.15, 0.2) is 14.6 Å². The third-order valence-corrected chi connectivity index (χ3v) is 9.05. The number of nitrogens with one attached hydrogen (secondary N) is 1. The fourth-order valence-corrected chi connectivity index (χ4v) is 6.14. The predicted molar refractivity (Wildman–Crippen MR) is 135 cm³/mol. The fraction of sp³-hybridized carbons (Fsp3) is 0.269. The molecule has 0 spiro atoms. The molecule has 37 heavy (non-hydrogen) atoms. The fourth-order valence-electron chi connectivity index (χ4n) is 4.26. The molecule has 0 atom stereocenters. The van der Waals surface area contributed by atoms with E-state index in [0.29, 0.717) is 28.3 Å². The molecule has 0 saturated carbocycles. The zero-order chi connectivity index (χ0) is 26.6. The van der Waals surface area contributed by atoms with Crippen molar-refractivity contribution in [3.8, 4) is 17.0 Å². The van der Waals surface area contributed by atoms with E-state index in [1.807, 2.05) is 0 Å². The van der Waals surface area contributed by atoms with E-state index in [0.717, 1.165) is 0 Å². The number of aromatic nitrogens is 1. The van der Waals surface area contributed by atoms with Crippen molar-refractivity contribution in [1.82, 2.24) is 10.5 Å². The second kappa shape index (κ2) is 10.7. The van der Waals surface area contributed by atoms with Crippen molar-refractivity contribution < 1.29 is 32.7 Å². The molecule has 4 rings (SSSR count). The molecule has 1 aliphatic rings. The molecular weight excluding hydrogens is 498 g/mol. The van der Waals surface area contributed by atoms with Crippen LogP contribution in [0, 0.1) is 0 Å². The number of hydroxylamine groups is 1. The molecule has 3 aromatic rings. The summed E-state index contributed by atoms with van der Waals surface area (Å²) in [6, 6.07) is 16.9. The van der Waals surface area contributed by atoms with Gasteiger partial charge in [0.1, 0.15) is 5.75 Å². The topological polar surface area (TPSA) is 135 Å². The average Bonchev–Trinajstić information content (AvgIpc) is 2.96. The van der Waals surface area contributed by atoms with Gasteiger partial charge in [-0.15, -0.1) is 0 Å². The second-order valence-corrected chi connectivity index (χ2v) is 10.8. The van der Waals surface area contributed by atoms with Gasteiger partial charge in [0.2, 0.25) is 0 Å². The Bertz CT molecular complexity index is 1370. The van der Waals surface area contributed by atoms with Crippen LogP contribution in [-0.2, 0) is 19.4 Å². The first-order valence-corrected chi connectivity index (χ1v) is 13.0. The first-order chi connectivity index (χ1) is 17.7. The Hall–Kier alpha value is -3.80. The minimum atomic E-state index is -4.16. The van der Waals surface area contributed by atoms with Crippen LogP contribution in [0.3, 0.4) is 0 Å². The van der Waals surface area contributed by atoms with Gasteiger partial charge in [-0.25, -0.2) is 13.9 Å². The lowest BCUT2D eigenvalue weighted by atomic mass is 9.98. The van der Waals surface area contributed by atoms with Crippen molar-refractivity contribution in [2.24, 2.45) is 0 Å². The highest BCUT2D eigenvalue weighted by Gasteiger charge is 2.52. The summed E-state index contributed by atoms with van der Waals surface area (Å²) in [6.45, 7) is 0.160. The van der Waals surface area contributed by atoms with Crippen LogP contribution in [0.4, 0.5) is 5.69 Å². The highest BCUT2D eigenvalue weighted by atomic mass is 32.2. The van der Waals surface area contributed by atoms with Crippen LogP contribution in [0.25, 0.3) is 11.3 Å². The molecule has 10 nitrogen and oxygen atoms in total. The average molecular weight is 526 g/mol. The Morgan fingerprint density at radius 1 is 1.03 bits per heavy atom. The summed E-state index contributed by atoms with van der Waals surface area (Å²) in [7, 11) is -0.909. The summed E-state index contributed by atoms with van der Waals surface area (Å²) in [6.07, 6.45) is 1.04. The van der Waals surface area contributed by atoms with Crippen LogP contribution in [-0.4, -0.2) is 62.5 Å². The lowest BCUT2D eigenvalue weighted by Crippen LogP contribution is -2.54. The van der Waals surface area contributed by atoms with Gasteiger partial charge in [0.05, 0.1) is 17.7 Å². The van der Waals surface area contributed by atoms with Crippen LogP contribution in [0.15, 0.2) is 71.8 Å². The SMILES string of the molecule is COc1ccc(N(C)C(=O)c2ccc(-c3ccc(S(=O)(=O)C4(C(=O)NO)CCOCC4)cn3)cc2)cc1. The number of hydrogen-bond donors (Lipinski definition) is 2. The van der Waals surface area contributed by atoms with Gasteiger partial charge in [0, 0.05) is 43.3 Å². The molecule has 2 aromatic carbocycles. The van der Waals surface area contributed by atoms with Crippen LogP contribution >= 0.6 is 0 Å². The molecule has 0 unspecified atom stereocenters. The van der Waals surface area contributed by atoms with Crippen molar-refractivity contribution in [3.05, 3.63) is 72.4 Å². The number of methoxy groups -OCH3 is 1. The second-order valence-electron chi connectivity index (χ2n) is 8.57. The third kappa shape index (κ3) is 4.93. The van der Waals surface area contributed by atoms with Crippen molar-refractivity contribution in [2.45, 2.75) is 22.5 Å². The Morgan fingerprint density at radius 2 is 1.68 bits per heavy atom. The lowest BCUT2D eigenvalue weighted by Gasteiger charge is -2.34. The van der Waals surface area contributed by atoms with E-state index in [1.54, 1.807) is 62.7 Å². The minimum absolute atomic E-state index is 0.0794. The first kappa shape index (κ1) is 26.3. The number of hydrogen-bond acceptors (Lipinski definition) is 8. The smallest absolute Gasteiger partial charge is 0.265 e. The van der Waals surface area contributed by atoms with E-state index in [1.165, 1.54) is 28.7 Å². The first-order valence-electron chi connectivity index (χ1n) is 11.5. The number of nitrogens with zero attached hydrogens (tertiary/aromatic N) is 2. The summed E-state index contributed by atoms with van der Waals surface area (Å²) in [5, 5.41) is 9.18. The maximum atomic E-state index is 13.4. The highest BCUT2D eigenvalue weighted by molar-refractivity contribution is 7.93. The molecule has 2 N–H and O–H groups in total. The van der Waals surface area contributed by atoms with Crippen LogP contribution in [0.2, 0.25) is 0 Å². The predicted octanol–water partition coefficient (Wildman–Crippen LogP) is 2.86. The number of pyridine rings is 1. The summed E-state index contributed by atoms with van der Waals surface area (Å²) < 4.78 is 35.3. The largest absolute Gasteiger partial charge is 0.497 e. The van der Waals surface area contributed by atoms with Gasteiger partial charge >= 0.3 is 0 Å². The van der Waals surface area contributed by atoms with Crippen molar-refractivity contribution >= 4 is 27.3 Å². The number of rotatable bonds is 7. The molecule has 0 aliphatic carbocycles. The van der Waals surface area contributed by atoms with Gasteiger partial charge < -0.3 is 14.4 Å². The summed E-state index contributed by atoms with van der Waals surface area (Å²) in [4.78, 5) is 31.0. The molecule has 2 amide bonds. The molecule has 11 heteroatoms. The van der Waals surface area contributed by atoms with Gasteiger partial charge in [-0.2, -0.15) is 0 Å². The molecular formula is C26H27N3O7S. The van der Waals surface area contributed by atoms with Crippen LogP contribution in [0.5, 0.6) is 5.75 Å². The van der Waals surface area contributed by atoms with E-state index < -0.39 is 20.5 Å². The number of anilines is 1. The van der Waals surface area contributed by atoms with Gasteiger partial charge in [-0.05, 0) is 61.4 Å². The van der Waals surface area contributed by atoms with Crippen molar-refractivity contribution in [2.75, 3.05) is 32.3 Å². The third-order valence-electron chi connectivity index (χ3n) is 6.57. The van der Waals surface area contributed by atoms with Crippen LogP contribution < -0.4 is 15.1 Å². The Morgan fingerprint density at radius 3 is 2.22 bits per heavy atom. The summed E-state index contributed by atoms with van der Waals surface area (Å²) in [5.74, 6) is -0.491. The molecule has 1 fully saturated rings. The number of amides is 2. The molecule has 0 radical (unpaired) electrons. The van der Waals surface area contributed by atoms with E-state index in [9.17, 15) is 23.2 Å². The number of sulfone groups is 1. The number of carbonyl (C=O) groups excluding carboxylic acids is 2. The monoisotopic (exact) mass is 525 g/mol. The van der Waals surface area contributed by atoms with E-state index >= 15 is 0 Å². The van der Waals surface area contributed by atoms with Gasteiger partial charge in [-0.1, -0.05) is 12.1 Å². The minimum Gasteiger partial charge on any atom is -0.497 e. The molecule has 1 aliphatic heterocycles. The van der Waals surface area contributed by atoms with Gasteiger partial charge in [0.25, 0.3) is 11.8 Å². The number of carbonyl (C=O) groups is 2. The number of ether oxygens (including phenoxy) is 2. The van der Waals surface area contributed by atoms with E-state index in [4.69, 9.17) is 9.47 Å². The van der Waals surface area contributed by atoms with Crippen molar-refractivity contribution in [1.29, 1.82) is 0 Å². The van der Waals surface area contributed by atoms with Gasteiger partial charge in [-0.3, -0.25) is 19.8 Å². The number of benzene rings is 2. The Balaban J connectivity index is 1.53. The Labute approximate surface area is 214 Å². The maximum Gasteiger partial charge on any atom is 0.265 e. The molecule has 1 saturated heterocycles. The molecule has 2 heterocycles. The summed E-state index contributed by atoms with van der Waals surface area (Å²) >= 11 is 0. The summed E-state index contributed by atoms with van der Waals surface area (Å²) in [5.41, 5.74) is 3.86. The van der Waals surface area contributed by atoms with Crippen molar-refractivity contribution in [3.63, 3.8) is 0 Å². The maximum absolute atomic E-state index is 13.4. The zero-order valence-electron chi connectivity index (χ0n) is 20.4. The lowest BCUT2D eigenvalue weighted by molar-refractivity contribution is -0.134. The molecule has 0 bridgehead atoms. The quantitative estimate of drug-likeness (QED) is 0.355. The molecule has 194 valence electrons. The van der Waals surface area contributed by atoms with E-state index in [2.05, 4.69) is 4.98 Å². The molecule has 1 aromatic heterocycles. The Kier molecular flexibility index (Phi) is 7.58. The van der Waals surface area contributed by atoms with Crippen LogP contribution in [0.1, 0.15) is 23.2 Å². The van der Waals surface area contributed by atoms with E-state index in [-0.39, 0.29) is 36.9 Å². The highest BCUT2D eigenvalue weighted by Crippen LogP contribution is 2.35. The zero-order valence-corrected chi connectivity index (χ0v) is 21.2. The normalized spacial score (nSPS) is 15.0.